The highest BCUT2D eigenvalue weighted by molar-refractivity contribution is 5.86. The summed E-state index contributed by atoms with van der Waals surface area (Å²) >= 11 is 0. The Labute approximate surface area is 129 Å². The Morgan fingerprint density at radius 3 is 2.59 bits per heavy atom. The van der Waals surface area contributed by atoms with Crippen molar-refractivity contribution in [3.63, 3.8) is 0 Å². The summed E-state index contributed by atoms with van der Waals surface area (Å²) in [5, 5.41) is 1.24. The largest absolute Gasteiger partial charge is 0.441 e. The van der Waals surface area contributed by atoms with Crippen molar-refractivity contribution in [3.8, 4) is 5.75 Å². The van der Waals surface area contributed by atoms with Crippen molar-refractivity contribution < 1.29 is 4.74 Å². The molecule has 1 aromatic heterocycles. The van der Waals surface area contributed by atoms with E-state index in [4.69, 9.17) is 10.5 Å². The molecule has 2 aromatic carbocycles. The first-order valence-corrected chi connectivity index (χ1v) is 7.47. The van der Waals surface area contributed by atoms with E-state index < -0.39 is 0 Å². The number of H-pyrrole nitrogens is 1. The first-order valence-electron chi connectivity index (χ1n) is 7.47. The van der Waals surface area contributed by atoms with Crippen LogP contribution in [0, 0.1) is 6.92 Å². The van der Waals surface area contributed by atoms with Gasteiger partial charge in [-0.05, 0) is 37.1 Å². The second-order valence-electron chi connectivity index (χ2n) is 5.83. The number of benzene rings is 2. The Morgan fingerprint density at radius 1 is 1.00 bits per heavy atom. The monoisotopic (exact) mass is 290 g/mol. The predicted molar refractivity (Wildman–Crippen MR) is 88.8 cm³/mol. The molecule has 0 saturated heterocycles. The Balaban J connectivity index is 2.04. The maximum Gasteiger partial charge on any atom is 0.190 e. The van der Waals surface area contributed by atoms with Gasteiger partial charge < -0.3 is 15.5 Å². The zero-order valence-corrected chi connectivity index (χ0v) is 12.7. The number of hydrogen-bond donors (Lipinski definition) is 2. The van der Waals surface area contributed by atoms with Crippen LogP contribution >= 0.6 is 0 Å². The zero-order valence-electron chi connectivity index (χ0n) is 12.7. The van der Waals surface area contributed by atoms with E-state index in [-0.39, 0.29) is 5.92 Å². The molecule has 0 bridgehead atoms. The van der Waals surface area contributed by atoms with E-state index in [9.17, 15) is 0 Å². The smallest absolute Gasteiger partial charge is 0.190 e. The van der Waals surface area contributed by atoms with Gasteiger partial charge in [-0.2, -0.15) is 0 Å². The molecule has 1 atom stereocenters. The first-order chi connectivity index (χ1) is 10.7. The summed E-state index contributed by atoms with van der Waals surface area (Å²) in [5.41, 5.74) is 12.0. The summed E-state index contributed by atoms with van der Waals surface area (Å²) in [7, 11) is 0. The van der Waals surface area contributed by atoms with Crippen molar-refractivity contribution in [2.45, 2.75) is 19.8 Å². The molecule has 110 valence electrons. The van der Waals surface area contributed by atoms with Crippen LogP contribution in [-0.2, 0) is 0 Å². The second kappa shape index (κ2) is 4.67. The van der Waals surface area contributed by atoms with Crippen LogP contribution in [0.1, 0.15) is 29.7 Å². The van der Waals surface area contributed by atoms with Gasteiger partial charge in [0.05, 0.1) is 0 Å². The highest BCUT2D eigenvalue weighted by Crippen LogP contribution is 2.45. The van der Waals surface area contributed by atoms with Gasteiger partial charge in [-0.1, -0.05) is 36.4 Å². The number of nitrogens with two attached hydrogens (primary N) is 1. The van der Waals surface area contributed by atoms with E-state index in [1.54, 1.807) is 0 Å². The molecule has 0 amide bonds. The highest BCUT2D eigenvalue weighted by Gasteiger charge is 2.30. The van der Waals surface area contributed by atoms with Crippen LogP contribution in [0.2, 0.25) is 0 Å². The molecule has 3 nitrogen and oxygen atoms in total. The molecule has 0 radical (unpaired) electrons. The van der Waals surface area contributed by atoms with Crippen molar-refractivity contribution in [2.24, 2.45) is 5.73 Å². The Hall–Kier alpha value is -2.68. The standard InChI is InChI=1S/C19H18N2O/c1-11-17(14-8-4-6-10-16(14)22-19(11)20)18-12(2)21-15-9-5-3-7-13(15)18/h3-10,17,21H,20H2,1-2H3. The number of para-hydroxylation sites is 2. The van der Waals surface area contributed by atoms with Gasteiger partial charge in [0, 0.05) is 28.1 Å². The fourth-order valence-corrected chi connectivity index (χ4v) is 3.43. The highest BCUT2D eigenvalue weighted by atomic mass is 16.5. The third-order valence-corrected chi connectivity index (χ3v) is 4.50. The number of ether oxygens (including phenoxy) is 1. The summed E-state index contributed by atoms with van der Waals surface area (Å²) in [4.78, 5) is 3.49. The number of aromatic amines is 1. The molecule has 0 saturated carbocycles. The lowest BCUT2D eigenvalue weighted by atomic mass is 9.82. The summed E-state index contributed by atoms with van der Waals surface area (Å²) in [5.74, 6) is 1.48. The van der Waals surface area contributed by atoms with Gasteiger partial charge in [0.1, 0.15) is 5.75 Å². The molecular formula is C19H18N2O. The van der Waals surface area contributed by atoms with Gasteiger partial charge in [-0.3, -0.25) is 0 Å². The van der Waals surface area contributed by atoms with Crippen LogP contribution in [0.15, 0.2) is 60.0 Å². The van der Waals surface area contributed by atoms with Gasteiger partial charge >= 0.3 is 0 Å². The zero-order chi connectivity index (χ0) is 15.3. The van der Waals surface area contributed by atoms with Crippen molar-refractivity contribution in [1.82, 2.24) is 4.98 Å². The molecule has 3 heteroatoms. The maximum absolute atomic E-state index is 6.13. The third-order valence-electron chi connectivity index (χ3n) is 4.50. The van der Waals surface area contributed by atoms with Crippen molar-refractivity contribution in [1.29, 1.82) is 0 Å². The van der Waals surface area contributed by atoms with E-state index in [1.807, 2.05) is 18.2 Å². The Morgan fingerprint density at radius 2 is 1.73 bits per heavy atom. The number of nitrogens with one attached hydrogen (secondary N) is 1. The number of aryl methyl sites for hydroxylation is 1. The number of allylic oxidation sites excluding steroid dienone is 1. The van der Waals surface area contributed by atoms with Crippen LogP contribution in [0.25, 0.3) is 10.9 Å². The summed E-state index contributed by atoms with van der Waals surface area (Å²) in [6, 6.07) is 16.5. The minimum absolute atomic E-state index is 0.126. The number of fused-ring (bicyclic) bond motifs is 2. The fraction of sp³-hybridized carbons (Fsp3) is 0.158. The molecule has 3 N–H and O–H groups in total. The first kappa shape index (κ1) is 13.0. The van der Waals surface area contributed by atoms with E-state index >= 15 is 0 Å². The molecule has 22 heavy (non-hydrogen) atoms. The van der Waals surface area contributed by atoms with Gasteiger partial charge in [-0.15, -0.1) is 0 Å². The van der Waals surface area contributed by atoms with Crippen molar-refractivity contribution in [3.05, 3.63) is 76.8 Å². The maximum atomic E-state index is 6.13. The van der Waals surface area contributed by atoms with Gasteiger partial charge in [0.15, 0.2) is 5.88 Å². The molecule has 4 rings (SSSR count). The van der Waals surface area contributed by atoms with Crippen LogP contribution in [0.4, 0.5) is 0 Å². The molecule has 0 spiro atoms. The third kappa shape index (κ3) is 1.75. The average molecular weight is 290 g/mol. The van der Waals surface area contributed by atoms with E-state index in [1.165, 1.54) is 22.2 Å². The van der Waals surface area contributed by atoms with Gasteiger partial charge in [-0.25, -0.2) is 0 Å². The Kier molecular flexibility index (Phi) is 2.76. The summed E-state index contributed by atoms with van der Waals surface area (Å²) < 4.78 is 5.77. The lowest BCUT2D eigenvalue weighted by Gasteiger charge is -2.28. The predicted octanol–water partition coefficient (Wildman–Crippen LogP) is 4.19. The molecule has 3 aromatic rings. The Bertz CT molecular complexity index is 905. The lowest BCUT2D eigenvalue weighted by molar-refractivity contribution is 0.390. The fourth-order valence-electron chi connectivity index (χ4n) is 3.43. The molecule has 2 heterocycles. The van der Waals surface area contributed by atoms with Crippen LogP contribution < -0.4 is 10.5 Å². The number of hydrogen-bond acceptors (Lipinski definition) is 2. The van der Waals surface area contributed by atoms with E-state index in [0.717, 1.165) is 16.8 Å². The number of aromatic nitrogens is 1. The van der Waals surface area contributed by atoms with Crippen LogP contribution in [0.3, 0.4) is 0 Å². The normalized spacial score (nSPS) is 17.5. The molecule has 0 aliphatic carbocycles. The van der Waals surface area contributed by atoms with Crippen LogP contribution in [-0.4, -0.2) is 4.98 Å². The minimum Gasteiger partial charge on any atom is -0.441 e. The lowest BCUT2D eigenvalue weighted by Crippen LogP contribution is -2.20. The molecule has 1 unspecified atom stereocenters. The van der Waals surface area contributed by atoms with Crippen molar-refractivity contribution >= 4 is 10.9 Å². The second-order valence-corrected chi connectivity index (χ2v) is 5.83. The van der Waals surface area contributed by atoms with Crippen molar-refractivity contribution in [2.75, 3.05) is 0 Å². The topological polar surface area (TPSA) is 51.0 Å². The quantitative estimate of drug-likeness (QED) is 0.706. The SMILES string of the molecule is CC1=C(N)Oc2ccccc2C1c1c(C)[nH]c2ccccc12. The molecular weight excluding hydrogens is 272 g/mol. The molecule has 1 aliphatic heterocycles. The molecule has 1 aliphatic rings. The van der Waals surface area contributed by atoms with Gasteiger partial charge in [0.2, 0.25) is 0 Å². The van der Waals surface area contributed by atoms with Crippen LogP contribution in [0.5, 0.6) is 5.75 Å². The molecule has 0 fully saturated rings. The van der Waals surface area contributed by atoms with E-state index in [2.05, 4.69) is 49.2 Å². The summed E-state index contributed by atoms with van der Waals surface area (Å²) in [6.07, 6.45) is 0. The summed E-state index contributed by atoms with van der Waals surface area (Å²) in [6.45, 7) is 4.17. The van der Waals surface area contributed by atoms with E-state index in [0.29, 0.717) is 5.88 Å². The van der Waals surface area contributed by atoms with Gasteiger partial charge in [0.25, 0.3) is 0 Å². The average Bonchev–Trinajstić information content (AvgIpc) is 2.85. The minimum atomic E-state index is 0.126. The number of rotatable bonds is 1.